The topological polar surface area (TPSA) is 0 Å². The van der Waals surface area contributed by atoms with E-state index in [9.17, 15) is 0 Å². The Hall–Kier alpha value is -3.38. The fraction of sp³-hybridized carbons (Fsp3) is 0.0370. The Kier molecular flexibility index (Phi) is 2.38. The van der Waals surface area contributed by atoms with Crippen molar-refractivity contribution < 1.29 is 0 Å². The predicted octanol–water partition coefficient (Wildman–Crippen LogP) is 7.31. The summed E-state index contributed by atoms with van der Waals surface area (Å²) >= 11 is 0. The number of hydrogen-bond acceptors (Lipinski definition) is 0. The summed E-state index contributed by atoms with van der Waals surface area (Å²) in [5.41, 5.74) is 5.83. The minimum atomic E-state index is 1.03. The fourth-order valence-corrected chi connectivity index (χ4v) is 5.26. The monoisotopic (exact) mass is 340 g/mol. The maximum Gasteiger partial charge on any atom is -0.000683 e. The van der Waals surface area contributed by atoms with Gasteiger partial charge < -0.3 is 0 Å². The smallest absolute Gasteiger partial charge is 0.000683 e. The molecule has 7 rings (SSSR count). The van der Waals surface area contributed by atoms with Gasteiger partial charge in [-0.3, -0.25) is 0 Å². The van der Waals surface area contributed by atoms with Crippen LogP contribution in [0.15, 0.2) is 84.9 Å². The standard InChI is InChI=1S/C27H16/c1-2-6-19-14-23-20(13-18(19)5-1)15-24-21-9-3-7-16-11-12-17-8-4-10-22(27(23)24)26(17)25(16)21/h1-14H,15H2. The van der Waals surface area contributed by atoms with Crippen molar-refractivity contribution >= 4 is 43.1 Å². The van der Waals surface area contributed by atoms with E-state index in [2.05, 4.69) is 84.9 Å². The normalized spacial score (nSPS) is 13.0. The van der Waals surface area contributed by atoms with Gasteiger partial charge in [0.05, 0.1) is 0 Å². The van der Waals surface area contributed by atoms with Gasteiger partial charge in [0, 0.05) is 0 Å². The highest BCUT2D eigenvalue weighted by Crippen LogP contribution is 2.49. The lowest BCUT2D eigenvalue weighted by atomic mass is 9.87. The lowest BCUT2D eigenvalue weighted by Crippen LogP contribution is -1.90. The zero-order valence-corrected chi connectivity index (χ0v) is 14.8. The van der Waals surface area contributed by atoms with E-state index in [0.29, 0.717) is 0 Å². The van der Waals surface area contributed by atoms with E-state index in [1.54, 1.807) is 0 Å². The van der Waals surface area contributed by atoms with Crippen LogP contribution in [0, 0.1) is 0 Å². The first-order valence-electron chi connectivity index (χ1n) is 9.59. The molecule has 6 aromatic carbocycles. The first-order chi connectivity index (χ1) is 13.4. The molecule has 0 nitrogen and oxygen atoms in total. The molecule has 27 heavy (non-hydrogen) atoms. The maximum atomic E-state index is 2.40. The van der Waals surface area contributed by atoms with Crippen LogP contribution in [0.1, 0.15) is 11.1 Å². The molecule has 0 aromatic heterocycles. The van der Waals surface area contributed by atoms with Crippen LogP contribution in [0.2, 0.25) is 0 Å². The van der Waals surface area contributed by atoms with Crippen LogP contribution in [0.3, 0.4) is 0 Å². The van der Waals surface area contributed by atoms with E-state index in [1.807, 2.05) is 0 Å². The Morgan fingerprint density at radius 1 is 0.519 bits per heavy atom. The quantitative estimate of drug-likeness (QED) is 0.254. The molecule has 0 aliphatic heterocycles. The predicted molar refractivity (Wildman–Crippen MR) is 116 cm³/mol. The molecule has 0 atom stereocenters. The van der Waals surface area contributed by atoms with E-state index in [1.165, 1.54) is 65.3 Å². The molecule has 1 aliphatic carbocycles. The Morgan fingerprint density at radius 2 is 1.15 bits per heavy atom. The van der Waals surface area contributed by atoms with Gasteiger partial charge in [-0.05, 0) is 77.8 Å². The molecule has 0 spiro atoms. The maximum absolute atomic E-state index is 2.40. The molecule has 0 bridgehead atoms. The third-order valence-electron chi connectivity index (χ3n) is 6.39. The van der Waals surface area contributed by atoms with Gasteiger partial charge in [0.15, 0.2) is 0 Å². The van der Waals surface area contributed by atoms with Crippen LogP contribution in [0.5, 0.6) is 0 Å². The zero-order chi connectivity index (χ0) is 17.5. The first-order valence-corrected chi connectivity index (χ1v) is 9.59. The van der Waals surface area contributed by atoms with Crippen LogP contribution in [-0.4, -0.2) is 0 Å². The van der Waals surface area contributed by atoms with Crippen molar-refractivity contribution in [3.05, 3.63) is 96.1 Å². The lowest BCUT2D eigenvalue weighted by molar-refractivity contribution is 1.29. The third kappa shape index (κ3) is 1.64. The van der Waals surface area contributed by atoms with Gasteiger partial charge in [0.2, 0.25) is 0 Å². The van der Waals surface area contributed by atoms with E-state index in [4.69, 9.17) is 0 Å². The van der Waals surface area contributed by atoms with Crippen molar-refractivity contribution in [2.45, 2.75) is 6.42 Å². The molecule has 0 fully saturated rings. The van der Waals surface area contributed by atoms with Crippen molar-refractivity contribution in [3.8, 4) is 11.1 Å². The van der Waals surface area contributed by atoms with Crippen LogP contribution in [0.25, 0.3) is 54.2 Å². The summed E-state index contributed by atoms with van der Waals surface area (Å²) in [6.45, 7) is 0. The molecule has 0 radical (unpaired) electrons. The second-order valence-electron chi connectivity index (χ2n) is 7.76. The van der Waals surface area contributed by atoms with Gasteiger partial charge in [0.1, 0.15) is 0 Å². The summed E-state index contributed by atoms with van der Waals surface area (Å²) < 4.78 is 0. The number of fused-ring (bicyclic) bond motifs is 6. The van der Waals surface area contributed by atoms with Crippen LogP contribution in [0.4, 0.5) is 0 Å². The van der Waals surface area contributed by atoms with Crippen molar-refractivity contribution in [1.82, 2.24) is 0 Å². The average Bonchev–Trinajstić information content (AvgIpc) is 3.09. The van der Waals surface area contributed by atoms with Crippen molar-refractivity contribution in [1.29, 1.82) is 0 Å². The van der Waals surface area contributed by atoms with Crippen molar-refractivity contribution in [2.24, 2.45) is 0 Å². The van der Waals surface area contributed by atoms with E-state index < -0.39 is 0 Å². The SMILES string of the molecule is c1ccc2cc3c(cc2c1)Cc1c-3c2cccc3ccc4cccc1c4c32. The zero-order valence-electron chi connectivity index (χ0n) is 14.8. The largest absolute Gasteiger partial charge is 0.0616 e. The minimum absolute atomic E-state index is 1.03. The molecule has 6 aromatic rings. The van der Waals surface area contributed by atoms with Gasteiger partial charge in [-0.1, -0.05) is 78.9 Å². The number of benzene rings is 6. The summed E-state index contributed by atoms with van der Waals surface area (Å²) in [5, 5.41) is 11.0. The van der Waals surface area contributed by atoms with E-state index in [0.717, 1.165) is 6.42 Å². The van der Waals surface area contributed by atoms with Gasteiger partial charge in [-0.25, -0.2) is 0 Å². The summed E-state index contributed by atoms with van der Waals surface area (Å²) in [7, 11) is 0. The van der Waals surface area contributed by atoms with Crippen LogP contribution >= 0.6 is 0 Å². The highest BCUT2D eigenvalue weighted by molar-refractivity contribution is 6.28. The second-order valence-corrected chi connectivity index (χ2v) is 7.76. The van der Waals surface area contributed by atoms with Gasteiger partial charge in [-0.2, -0.15) is 0 Å². The van der Waals surface area contributed by atoms with Crippen LogP contribution < -0.4 is 0 Å². The summed E-state index contributed by atoms with van der Waals surface area (Å²) in [6, 6.07) is 31.6. The molecule has 0 saturated heterocycles. The Morgan fingerprint density at radius 3 is 1.93 bits per heavy atom. The Labute approximate surface area is 157 Å². The Balaban J connectivity index is 1.75. The average molecular weight is 340 g/mol. The molecule has 0 saturated carbocycles. The van der Waals surface area contributed by atoms with Gasteiger partial charge in [0.25, 0.3) is 0 Å². The first kappa shape index (κ1) is 13.8. The molecular weight excluding hydrogens is 324 g/mol. The van der Waals surface area contributed by atoms with E-state index in [-0.39, 0.29) is 0 Å². The molecule has 0 amide bonds. The number of rotatable bonds is 0. The van der Waals surface area contributed by atoms with E-state index >= 15 is 0 Å². The van der Waals surface area contributed by atoms with Crippen molar-refractivity contribution in [2.75, 3.05) is 0 Å². The summed E-state index contributed by atoms with van der Waals surface area (Å²) in [5.74, 6) is 0. The third-order valence-corrected chi connectivity index (χ3v) is 6.39. The lowest BCUT2D eigenvalue weighted by Gasteiger charge is -2.16. The molecule has 124 valence electrons. The van der Waals surface area contributed by atoms with Crippen LogP contribution in [-0.2, 0) is 6.42 Å². The van der Waals surface area contributed by atoms with Gasteiger partial charge in [-0.15, -0.1) is 0 Å². The second kappa shape index (κ2) is 4.66. The summed E-state index contributed by atoms with van der Waals surface area (Å²) in [4.78, 5) is 0. The molecule has 0 heteroatoms. The Bertz CT molecular complexity index is 1540. The molecule has 0 heterocycles. The van der Waals surface area contributed by atoms with Crippen molar-refractivity contribution in [3.63, 3.8) is 0 Å². The molecular formula is C27H16. The highest BCUT2D eigenvalue weighted by atomic mass is 14.3. The molecule has 0 N–H and O–H groups in total. The fourth-order valence-electron chi connectivity index (χ4n) is 5.26. The minimum Gasteiger partial charge on any atom is -0.0616 e. The highest BCUT2D eigenvalue weighted by Gasteiger charge is 2.25. The van der Waals surface area contributed by atoms with Gasteiger partial charge >= 0.3 is 0 Å². The number of hydrogen-bond donors (Lipinski definition) is 0. The summed E-state index contributed by atoms with van der Waals surface area (Å²) in [6.07, 6.45) is 1.03. The molecule has 0 unspecified atom stereocenters. The molecule has 1 aliphatic rings.